The molecule has 0 bridgehead atoms. The fraction of sp³-hybridized carbons (Fsp3) is 0.393. The minimum Gasteiger partial charge on any atom is -0.481 e. The molecule has 0 aliphatic rings. The topological polar surface area (TPSA) is 114 Å². The van der Waals surface area contributed by atoms with Gasteiger partial charge in [-0.25, -0.2) is 14.4 Å². The minimum absolute atomic E-state index is 0.0424. The molecule has 1 aromatic carbocycles. The van der Waals surface area contributed by atoms with Crippen molar-refractivity contribution in [3.8, 4) is 11.4 Å². The van der Waals surface area contributed by atoms with Crippen molar-refractivity contribution in [2.75, 3.05) is 0 Å². The molecule has 0 radical (unpaired) electrons. The van der Waals surface area contributed by atoms with Crippen molar-refractivity contribution in [3.63, 3.8) is 0 Å². The molecular weight excluding hydrogens is 475 g/mol. The van der Waals surface area contributed by atoms with Crippen LogP contribution in [-0.2, 0) is 9.59 Å². The second kappa shape index (κ2) is 11.5. The maximum Gasteiger partial charge on any atom is 0.305 e. The lowest BCUT2D eigenvalue weighted by Gasteiger charge is -2.25. The monoisotopic (exact) mass is 508 g/mol. The molecule has 2 atom stereocenters. The van der Waals surface area contributed by atoms with Gasteiger partial charge in [0.15, 0.2) is 11.6 Å². The molecule has 0 spiro atoms. The third kappa shape index (κ3) is 6.47. The molecule has 0 aliphatic heterocycles. The first-order valence-electron chi connectivity index (χ1n) is 12.2. The van der Waals surface area contributed by atoms with Crippen LogP contribution in [0.3, 0.4) is 0 Å². The first kappa shape index (κ1) is 27.7. The van der Waals surface area contributed by atoms with Crippen LogP contribution in [0.5, 0.6) is 0 Å². The third-order valence-corrected chi connectivity index (χ3v) is 6.21. The number of aromatic nitrogens is 3. The van der Waals surface area contributed by atoms with Crippen molar-refractivity contribution in [2.24, 2.45) is 5.92 Å². The van der Waals surface area contributed by atoms with E-state index in [2.05, 4.69) is 15.3 Å². The molecule has 3 rings (SSSR count). The Labute approximate surface area is 215 Å². The van der Waals surface area contributed by atoms with Crippen LogP contribution in [0, 0.1) is 39.4 Å². The molecule has 196 valence electrons. The number of hydrogen-bond acceptors (Lipinski definition) is 5. The summed E-state index contributed by atoms with van der Waals surface area (Å²) < 4.78 is 16.7. The van der Waals surface area contributed by atoms with Gasteiger partial charge < -0.3 is 15.0 Å². The third-order valence-electron chi connectivity index (χ3n) is 6.21. The Balaban J connectivity index is 2.09. The van der Waals surface area contributed by atoms with Crippen LogP contribution in [0.4, 0.5) is 4.39 Å². The number of aliphatic carboxylic acids is 1. The van der Waals surface area contributed by atoms with Crippen LogP contribution in [0.1, 0.15) is 66.9 Å². The Morgan fingerprint density at radius 1 is 1.08 bits per heavy atom. The van der Waals surface area contributed by atoms with Gasteiger partial charge in [-0.05, 0) is 62.8 Å². The highest BCUT2D eigenvalue weighted by molar-refractivity contribution is 5.81. The molecule has 8 nitrogen and oxygen atoms in total. The van der Waals surface area contributed by atoms with E-state index in [-0.39, 0.29) is 28.7 Å². The Kier molecular flexibility index (Phi) is 8.57. The smallest absolute Gasteiger partial charge is 0.305 e. The highest BCUT2D eigenvalue weighted by Crippen LogP contribution is 2.29. The number of hydrogen-bond donors (Lipinski definition) is 2. The van der Waals surface area contributed by atoms with Crippen molar-refractivity contribution in [2.45, 2.75) is 66.5 Å². The van der Waals surface area contributed by atoms with E-state index in [1.165, 1.54) is 17.6 Å². The molecule has 1 amide bonds. The number of pyridine rings is 1. The number of carbonyl (C=O) groups excluding carboxylic acids is 1. The summed E-state index contributed by atoms with van der Waals surface area (Å²) in [5.74, 6) is -2.30. The molecule has 0 fully saturated rings. The molecule has 2 N–H and O–H groups in total. The molecule has 2 heterocycles. The van der Waals surface area contributed by atoms with Gasteiger partial charge in [0.25, 0.3) is 5.56 Å². The van der Waals surface area contributed by atoms with E-state index in [0.29, 0.717) is 6.42 Å². The van der Waals surface area contributed by atoms with E-state index >= 15 is 4.39 Å². The normalized spacial score (nSPS) is 12.9. The second-order valence-corrected chi connectivity index (χ2v) is 9.85. The van der Waals surface area contributed by atoms with Gasteiger partial charge in [0.1, 0.15) is 11.7 Å². The summed E-state index contributed by atoms with van der Waals surface area (Å²) in [4.78, 5) is 46.7. The highest BCUT2D eigenvalue weighted by atomic mass is 19.1. The van der Waals surface area contributed by atoms with Crippen LogP contribution < -0.4 is 10.9 Å². The molecule has 2 unspecified atom stereocenters. The largest absolute Gasteiger partial charge is 0.481 e. The molecular formula is C28H33FN4O4. The van der Waals surface area contributed by atoms with Crippen LogP contribution >= 0.6 is 0 Å². The Morgan fingerprint density at radius 3 is 2.30 bits per heavy atom. The zero-order chi connectivity index (χ0) is 27.4. The lowest BCUT2D eigenvalue weighted by molar-refractivity contribution is -0.138. The number of rotatable bonds is 9. The highest BCUT2D eigenvalue weighted by Gasteiger charge is 2.30. The van der Waals surface area contributed by atoms with E-state index < -0.39 is 36.2 Å². The predicted octanol–water partition coefficient (Wildman–Crippen LogP) is 4.60. The first-order chi connectivity index (χ1) is 17.4. The van der Waals surface area contributed by atoms with Crippen LogP contribution in [0.15, 0.2) is 41.3 Å². The first-order valence-corrected chi connectivity index (χ1v) is 12.2. The zero-order valence-electron chi connectivity index (χ0n) is 22.0. The number of aryl methyl sites for hydroxylation is 4. The molecule has 37 heavy (non-hydrogen) atoms. The molecule has 2 aromatic heterocycles. The van der Waals surface area contributed by atoms with Crippen LogP contribution in [0.2, 0.25) is 0 Å². The lowest BCUT2D eigenvalue weighted by atomic mass is 10.00. The van der Waals surface area contributed by atoms with Gasteiger partial charge in [-0.2, -0.15) is 0 Å². The van der Waals surface area contributed by atoms with Crippen molar-refractivity contribution >= 4 is 11.9 Å². The molecule has 0 saturated carbocycles. The van der Waals surface area contributed by atoms with Gasteiger partial charge in [-0.3, -0.25) is 14.4 Å². The summed E-state index contributed by atoms with van der Waals surface area (Å²) in [6.45, 7) is 10.9. The number of benzene rings is 1. The van der Waals surface area contributed by atoms with Crippen molar-refractivity contribution < 1.29 is 19.1 Å². The Hall–Kier alpha value is -3.88. The van der Waals surface area contributed by atoms with Gasteiger partial charge >= 0.3 is 5.97 Å². The maximum atomic E-state index is 15.4. The summed E-state index contributed by atoms with van der Waals surface area (Å²) in [7, 11) is 0. The zero-order valence-corrected chi connectivity index (χ0v) is 22.0. The van der Waals surface area contributed by atoms with Gasteiger partial charge in [0.05, 0.1) is 18.2 Å². The fourth-order valence-corrected chi connectivity index (χ4v) is 4.39. The number of halogens is 1. The quantitative estimate of drug-likeness (QED) is 0.437. The molecule has 3 aromatic rings. The number of carboxylic acid groups (broad SMARTS) is 1. The summed E-state index contributed by atoms with van der Waals surface area (Å²) in [5, 5.41) is 12.3. The van der Waals surface area contributed by atoms with E-state index in [9.17, 15) is 19.5 Å². The number of carboxylic acids is 1. The van der Waals surface area contributed by atoms with Gasteiger partial charge in [-0.15, -0.1) is 0 Å². The Morgan fingerprint density at radius 2 is 1.73 bits per heavy atom. The fourth-order valence-electron chi connectivity index (χ4n) is 4.39. The van der Waals surface area contributed by atoms with Gasteiger partial charge in [0.2, 0.25) is 5.91 Å². The second-order valence-electron chi connectivity index (χ2n) is 9.85. The molecule has 0 saturated heterocycles. The lowest BCUT2D eigenvalue weighted by Crippen LogP contribution is -2.40. The van der Waals surface area contributed by atoms with Crippen LogP contribution in [-0.4, -0.2) is 31.5 Å². The summed E-state index contributed by atoms with van der Waals surface area (Å²) in [6.07, 6.45) is 1.28. The number of amides is 1. The Bertz CT molecular complexity index is 1360. The van der Waals surface area contributed by atoms with Crippen molar-refractivity contribution in [3.05, 3.63) is 80.8 Å². The average molecular weight is 509 g/mol. The van der Waals surface area contributed by atoms with E-state index in [4.69, 9.17) is 0 Å². The summed E-state index contributed by atoms with van der Waals surface area (Å²) >= 11 is 0. The predicted molar refractivity (Wildman–Crippen MR) is 139 cm³/mol. The minimum atomic E-state index is -1.27. The van der Waals surface area contributed by atoms with E-state index in [1.807, 2.05) is 45.9 Å². The molecule has 9 heteroatoms. The summed E-state index contributed by atoms with van der Waals surface area (Å²) in [5.41, 5.74) is 2.72. The molecule has 0 aliphatic carbocycles. The summed E-state index contributed by atoms with van der Waals surface area (Å²) in [6, 6.07) is 6.63. The van der Waals surface area contributed by atoms with Gasteiger partial charge in [0, 0.05) is 17.8 Å². The maximum absolute atomic E-state index is 15.4. The van der Waals surface area contributed by atoms with Crippen LogP contribution in [0.25, 0.3) is 11.4 Å². The van der Waals surface area contributed by atoms with E-state index in [0.717, 1.165) is 22.3 Å². The van der Waals surface area contributed by atoms with Crippen molar-refractivity contribution in [1.29, 1.82) is 0 Å². The average Bonchev–Trinajstić information content (AvgIpc) is 2.79. The van der Waals surface area contributed by atoms with Crippen molar-refractivity contribution in [1.82, 2.24) is 19.9 Å². The number of carbonyl (C=O) groups is 2. The van der Waals surface area contributed by atoms with E-state index in [1.54, 1.807) is 19.2 Å². The standard InChI is InChI=1S/C28H33FN4O4/c1-15(2)12-21(33-11-10-16(3)13-22(33)34)28(37)31-20(14-23(35)36)26-25(29)19(6)30-27(32-26)24-17(4)8-7-9-18(24)5/h7-11,13,15,20-21H,12,14H2,1-6H3,(H,31,37)(H,35,36). The number of nitrogens with zero attached hydrogens (tertiary/aromatic N) is 3. The van der Waals surface area contributed by atoms with Gasteiger partial charge in [-0.1, -0.05) is 32.0 Å². The number of nitrogens with one attached hydrogen (secondary N) is 1. The SMILES string of the molecule is Cc1ccn(C(CC(C)C)C(=O)NC(CC(=O)O)c2nc(-c3c(C)cccc3C)nc(C)c2F)c(=O)c1.